The highest BCUT2D eigenvalue weighted by atomic mass is 32.2. The van der Waals surface area contributed by atoms with E-state index in [1.165, 1.54) is 40.6 Å². The van der Waals surface area contributed by atoms with Gasteiger partial charge in [-0.1, -0.05) is 12.1 Å². The predicted molar refractivity (Wildman–Crippen MR) is 133 cm³/mol. The van der Waals surface area contributed by atoms with Gasteiger partial charge in [0.05, 0.1) is 39.8 Å². The molecular formula is C26H28NO8S+. The molecule has 9 nitrogen and oxygen atoms in total. The summed E-state index contributed by atoms with van der Waals surface area (Å²) < 4.78 is 54.1. The lowest BCUT2D eigenvalue weighted by Gasteiger charge is -2.12. The van der Waals surface area contributed by atoms with Crippen molar-refractivity contribution in [2.75, 3.05) is 28.4 Å². The Morgan fingerprint density at radius 3 is 2.06 bits per heavy atom. The van der Waals surface area contributed by atoms with Crippen LogP contribution in [0.4, 0.5) is 0 Å². The first kappa shape index (κ1) is 26.6. The van der Waals surface area contributed by atoms with Crippen LogP contribution in [0.2, 0.25) is 0 Å². The molecule has 3 aromatic rings. The topological polar surface area (TPSA) is 101 Å². The summed E-state index contributed by atoms with van der Waals surface area (Å²) in [7, 11) is 2.16. The average molecular weight is 515 g/mol. The molecule has 0 aliphatic rings. The van der Waals surface area contributed by atoms with Crippen LogP contribution in [-0.4, -0.2) is 42.8 Å². The van der Waals surface area contributed by atoms with E-state index in [2.05, 4.69) is 0 Å². The molecule has 0 atom stereocenters. The zero-order chi connectivity index (χ0) is 26.1. The molecule has 36 heavy (non-hydrogen) atoms. The second-order valence-corrected chi connectivity index (χ2v) is 9.45. The first-order chi connectivity index (χ1) is 17.3. The van der Waals surface area contributed by atoms with Crippen LogP contribution < -0.4 is 28.3 Å². The number of rotatable bonds is 11. The number of aromatic nitrogens is 1. The van der Waals surface area contributed by atoms with Crippen molar-refractivity contribution < 1.29 is 41.5 Å². The van der Waals surface area contributed by atoms with Gasteiger partial charge in [-0.05, 0) is 23.8 Å². The van der Waals surface area contributed by atoms with Crippen molar-refractivity contribution in [3.63, 3.8) is 0 Å². The highest BCUT2D eigenvalue weighted by Gasteiger charge is 2.18. The van der Waals surface area contributed by atoms with E-state index in [0.29, 0.717) is 34.1 Å². The third-order valence-electron chi connectivity index (χ3n) is 5.10. The lowest BCUT2D eigenvalue weighted by Crippen LogP contribution is -2.38. The molecule has 0 bridgehead atoms. The Bertz CT molecular complexity index is 1310. The number of hydrogen-bond donors (Lipinski definition) is 0. The lowest BCUT2D eigenvalue weighted by atomic mass is 10.1. The second kappa shape index (κ2) is 12.1. The molecule has 190 valence electrons. The van der Waals surface area contributed by atoms with Gasteiger partial charge in [-0.2, -0.15) is 4.57 Å². The summed E-state index contributed by atoms with van der Waals surface area (Å²) in [4.78, 5) is 12.4. The van der Waals surface area contributed by atoms with Crippen molar-refractivity contribution in [3.8, 4) is 28.7 Å². The van der Waals surface area contributed by atoms with Crippen LogP contribution in [-0.2, 0) is 26.9 Å². The van der Waals surface area contributed by atoms with Crippen LogP contribution in [0.5, 0.6) is 28.7 Å². The molecule has 0 saturated carbocycles. The van der Waals surface area contributed by atoms with Gasteiger partial charge >= 0.3 is 5.97 Å². The molecular weight excluding hydrogens is 486 g/mol. The summed E-state index contributed by atoms with van der Waals surface area (Å²) in [6, 6.07) is 13.3. The number of sulfone groups is 1. The lowest BCUT2D eigenvalue weighted by molar-refractivity contribution is -0.685. The number of methoxy groups -OCH3 is 4. The smallest absolute Gasteiger partial charge is 0.378 e. The summed E-state index contributed by atoms with van der Waals surface area (Å²) in [6.45, 7) is -0.0131. The van der Waals surface area contributed by atoms with Crippen molar-refractivity contribution in [2.45, 2.75) is 12.3 Å². The first-order valence-corrected chi connectivity index (χ1v) is 12.5. The normalized spacial score (nSPS) is 11.2. The van der Waals surface area contributed by atoms with Gasteiger partial charge in [0.15, 0.2) is 33.7 Å². The molecule has 1 heterocycles. The Balaban J connectivity index is 1.81. The third kappa shape index (κ3) is 6.98. The van der Waals surface area contributed by atoms with Crippen LogP contribution in [0, 0.1) is 0 Å². The van der Waals surface area contributed by atoms with Gasteiger partial charge < -0.3 is 23.7 Å². The van der Waals surface area contributed by atoms with E-state index in [1.54, 1.807) is 53.4 Å². The first-order valence-electron chi connectivity index (χ1n) is 10.8. The number of carbonyl (C=O) groups excluding carboxylic acids is 1. The van der Waals surface area contributed by atoms with Gasteiger partial charge in [-0.15, -0.1) is 0 Å². The Morgan fingerprint density at radius 2 is 1.47 bits per heavy atom. The standard InChI is InChI=1S/C26H28NO8S/c1-31-20-15-23(33-3)21(24(16-20)34-4)10-13-36(29,30)18-19-8-9-22(32-2)25(14-19)35-26(28)17-27-11-6-5-7-12-27/h5-16H,17-18H2,1-4H3/q+1. The van der Waals surface area contributed by atoms with E-state index < -0.39 is 15.8 Å². The van der Waals surface area contributed by atoms with Crippen LogP contribution in [0.1, 0.15) is 11.1 Å². The van der Waals surface area contributed by atoms with Gasteiger partial charge in [0.2, 0.25) is 6.54 Å². The van der Waals surface area contributed by atoms with Crippen molar-refractivity contribution in [2.24, 2.45) is 0 Å². The maximum Gasteiger partial charge on any atom is 0.378 e. The summed E-state index contributed by atoms with van der Waals surface area (Å²) in [5.41, 5.74) is 0.872. The fraction of sp³-hybridized carbons (Fsp3) is 0.231. The Hall–Kier alpha value is -4.05. The molecule has 1 aromatic heterocycles. The molecule has 2 aromatic carbocycles. The van der Waals surface area contributed by atoms with Crippen LogP contribution in [0.25, 0.3) is 6.08 Å². The molecule has 0 radical (unpaired) electrons. The third-order valence-corrected chi connectivity index (χ3v) is 6.39. The molecule has 10 heteroatoms. The minimum atomic E-state index is -3.72. The predicted octanol–water partition coefficient (Wildman–Crippen LogP) is 3.20. The molecule has 0 saturated heterocycles. The molecule has 0 N–H and O–H groups in total. The maximum absolute atomic E-state index is 12.9. The van der Waals surface area contributed by atoms with Crippen molar-refractivity contribution in [1.29, 1.82) is 0 Å². The number of nitrogens with zero attached hydrogens (tertiary/aromatic N) is 1. The summed E-state index contributed by atoms with van der Waals surface area (Å²) in [5.74, 6) is 0.893. The zero-order valence-electron chi connectivity index (χ0n) is 20.5. The van der Waals surface area contributed by atoms with Gasteiger partial charge in [-0.3, -0.25) is 0 Å². The minimum absolute atomic E-state index is 0.0131. The molecule has 0 amide bonds. The number of pyridine rings is 1. The molecule has 3 rings (SSSR count). The molecule has 0 fully saturated rings. The van der Waals surface area contributed by atoms with E-state index >= 15 is 0 Å². The highest BCUT2D eigenvalue weighted by Crippen LogP contribution is 2.35. The van der Waals surface area contributed by atoms with Crippen LogP contribution >= 0.6 is 0 Å². The Labute approximate surface area is 210 Å². The van der Waals surface area contributed by atoms with E-state index in [4.69, 9.17) is 23.7 Å². The average Bonchev–Trinajstić information content (AvgIpc) is 2.87. The summed E-state index contributed by atoms with van der Waals surface area (Å²) >= 11 is 0. The number of carbonyl (C=O) groups is 1. The highest BCUT2D eigenvalue weighted by molar-refractivity contribution is 7.93. The van der Waals surface area contributed by atoms with E-state index in [1.807, 2.05) is 6.07 Å². The summed E-state index contributed by atoms with van der Waals surface area (Å²) in [6.07, 6.45) is 4.88. The van der Waals surface area contributed by atoms with Gasteiger partial charge in [0.1, 0.15) is 17.2 Å². The van der Waals surface area contributed by atoms with E-state index in [-0.39, 0.29) is 18.0 Å². The van der Waals surface area contributed by atoms with Crippen LogP contribution in [0.15, 0.2) is 66.3 Å². The van der Waals surface area contributed by atoms with Crippen molar-refractivity contribution >= 4 is 21.9 Å². The second-order valence-electron chi connectivity index (χ2n) is 7.56. The van der Waals surface area contributed by atoms with Gasteiger partial charge in [0, 0.05) is 29.7 Å². The molecule has 0 aliphatic carbocycles. The summed E-state index contributed by atoms with van der Waals surface area (Å²) in [5, 5.41) is 1.09. The number of hydrogen-bond acceptors (Lipinski definition) is 8. The molecule has 0 aliphatic heterocycles. The SMILES string of the molecule is COc1cc(OC)c(C=CS(=O)(=O)Cc2ccc(OC)c(OC(=O)C[n+]3ccccc3)c2)c(OC)c1. The zero-order valence-corrected chi connectivity index (χ0v) is 21.3. The fourth-order valence-corrected chi connectivity index (χ4v) is 4.47. The number of esters is 1. The van der Waals surface area contributed by atoms with Crippen LogP contribution in [0.3, 0.4) is 0 Å². The maximum atomic E-state index is 12.9. The fourth-order valence-electron chi connectivity index (χ4n) is 3.38. The van der Waals surface area contributed by atoms with E-state index in [9.17, 15) is 13.2 Å². The quantitative estimate of drug-likeness (QED) is 0.218. The molecule has 0 unspecified atom stereocenters. The van der Waals surface area contributed by atoms with Gasteiger partial charge in [-0.25, -0.2) is 13.2 Å². The van der Waals surface area contributed by atoms with Gasteiger partial charge in [0.25, 0.3) is 0 Å². The Morgan fingerprint density at radius 1 is 0.833 bits per heavy atom. The largest absolute Gasteiger partial charge is 0.496 e. The minimum Gasteiger partial charge on any atom is -0.496 e. The molecule has 0 spiro atoms. The Kier molecular flexibility index (Phi) is 8.91. The number of benzene rings is 2. The van der Waals surface area contributed by atoms with Crippen molar-refractivity contribution in [3.05, 3.63) is 77.5 Å². The van der Waals surface area contributed by atoms with E-state index in [0.717, 1.165) is 5.41 Å². The number of ether oxygens (including phenoxy) is 5. The monoisotopic (exact) mass is 514 g/mol. The van der Waals surface area contributed by atoms with Crippen molar-refractivity contribution in [1.82, 2.24) is 0 Å².